The van der Waals surface area contributed by atoms with Gasteiger partial charge in [-0.2, -0.15) is 0 Å². The number of rotatable bonds is 10. The summed E-state index contributed by atoms with van der Waals surface area (Å²) < 4.78 is 29.6. The van der Waals surface area contributed by atoms with Gasteiger partial charge >= 0.3 is 0 Å². The summed E-state index contributed by atoms with van der Waals surface area (Å²) in [5.74, 6) is -0.365. The fourth-order valence-electron chi connectivity index (χ4n) is 12.1. The Bertz CT molecular complexity index is 1350. The maximum absolute atomic E-state index is 12.0. The molecule has 3 saturated heterocycles. The second kappa shape index (κ2) is 15.4. The lowest BCUT2D eigenvalue weighted by Gasteiger charge is -2.60. The van der Waals surface area contributed by atoms with Gasteiger partial charge in [0.15, 0.2) is 18.4 Å². The van der Waals surface area contributed by atoms with Crippen molar-refractivity contribution in [2.24, 2.45) is 46.3 Å². The van der Waals surface area contributed by atoms with Crippen LogP contribution in [-0.4, -0.2) is 156 Å². The monoisotopic (exact) mass is 772 g/mol. The predicted molar refractivity (Wildman–Crippen MR) is 188 cm³/mol. The average molecular weight is 773 g/mol. The zero-order valence-electron chi connectivity index (χ0n) is 31.8. The third-order valence-corrected chi connectivity index (χ3v) is 15.4. The summed E-state index contributed by atoms with van der Waals surface area (Å²) in [5.41, 5.74) is 0.615. The first-order valence-corrected chi connectivity index (χ1v) is 20.1. The summed E-state index contributed by atoms with van der Waals surface area (Å²) in [6, 6.07) is 0. The van der Waals surface area contributed by atoms with E-state index in [1.807, 2.05) is 6.92 Å². The molecule has 0 spiro atoms. The average Bonchev–Trinajstić information content (AvgIpc) is 3.58. The van der Waals surface area contributed by atoms with Crippen LogP contribution in [0.4, 0.5) is 0 Å². The standard InChI is InChI=1S/C39H64O15/c1-17(16-50-35-33(47)31(45)29(43)25(14-40)52-35)7-10-39(49)18(2)28-24(54-39)13-23-21-6-5-19-11-20(51-36-34(48)32(46)30(44)26(15-41)53-36)12-27(42)38(19,4)22(21)8-9-37(23,28)3/h5,17-18,20-36,40-49H,6-16H2,1-4H3/t17-,18-,20-,21+,22-,23-,24-,25+,26+,27+,28-,29+,30+,31-,32-,33+,34+,35+,36+,37-,38-,39+/m0/s1. The van der Waals surface area contributed by atoms with Gasteiger partial charge in [0.2, 0.25) is 0 Å². The third kappa shape index (κ3) is 6.74. The number of ether oxygens (including phenoxy) is 5. The molecule has 0 amide bonds. The van der Waals surface area contributed by atoms with Crippen LogP contribution in [0.3, 0.4) is 0 Å². The Kier molecular flexibility index (Phi) is 11.8. The number of aliphatic hydroxyl groups excluding tert-OH is 9. The highest BCUT2D eigenvalue weighted by Gasteiger charge is 2.68. The Morgan fingerprint density at radius 1 is 0.852 bits per heavy atom. The van der Waals surface area contributed by atoms with Crippen LogP contribution < -0.4 is 0 Å². The smallest absolute Gasteiger partial charge is 0.186 e. The normalized spacial score (nSPS) is 55.0. The van der Waals surface area contributed by atoms with Crippen molar-refractivity contribution in [3.05, 3.63) is 11.6 Å². The third-order valence-electron chi connectivity index (χ3n) is 15.4. The number of hydrogen-bond donors (Lipinski definition) is 10. The van der Waals surface area contributed by atoms with Gasteiger partial charge in [-0.15, -0.1) is 0 Å². The summed E-state index contributed by atoms with van der Waals surface area (Å²) >= 11 is 0. The molecule has 4 aliphatic carbocycles. The molecular formula is C39H64O15. The molecule has 6 fully saturated rings. The van der Waals surface area contributed by atoms with Gasteiger partial charge in [-0.05, 0) is 73.5 Å². The quantitative estimate of drug-likeness (QED) is 0.123. The van der Waals surface area contributed by atoms with Crippen molar-refractivity contribution in [1.82, 2.24) is 0 Å². The summed E-state index contributed by atoms with van der Waals surface area (Å²) in [5, 5.41) is 104. The molecular weight excluding hydrogens is 708 g/mol. The summed E-state index contributed by atoms with van der Waals surface area (Å²) in [4.78, 5) is 0. The molecule has 0 bridgehead atoms. The number of aliphatic hydroxyl groups is 10. The Morgan fingerprint density at radius 2 is 1.48 bits per heavy atom. The van der Waals surface area contributed by atoms with Crippen molar-refractivity contribution in [2.45, 2.75) is 165 Å². The van der Waals surface area contributed by atoms with Crippen molar-refractivity contribution < 1.29 is 74.7 Å². The van der Waals surface area contributed by atoms with Crippen molar-refractivity contribution in [1.29, 1.82) is 0 Å². The molecule has 3 saturated carbocycles. The van der Waals surface area contributed by atoms with E-state index >= 15 is 0 Å². The van der Waals surface area contributed by atoms with Crippen molar-refractivity contribution in [2.75, 3.05) is 19.8 Å². The van der Waals surface area contributed by atoms with Crippen LogP contribution in [0.1, 0.15) is 79.1 Å². The minimum Gasteiger partial charge on any atom is -0.394 e. The number of allylic oxidation sites excluding steroid dienone is 1. The van der Waals surface area contributed by atoms with E-state index in [1.54, 1.807) is 0 Å². The van der Waals surface area contributed by atoms with Crippen molar-refractivity contribution >= 4 is 0 Å². The molecule has 310 valence electrons. The van der Waals surface area contributed by atoms with E-state index < -0.39 is 98.0 Å². The fourth-order valence-corrected chi connectivity index (χ4v) is 12.1. The van der Waals surface area contributed by atoms with E-state index in [1.165, 1.54) is 0 Å². The summed E-state index contributed by atoms with van der Waals surface area (Å²) in [6.45, 7) is 7.69. The lowest BCUT2D eigenvalue weighted by Crippen LogP contribution is -2.60. The molecule has 7 rings (SSSR count). The van der Waals surface area contributed by atoms with Crippen LogP contribution >= 0.6 is 0 Å². The Labute approximate surface area is 316 Å². The van der Waals surface area contributed by atoms with Gasteiger partial charge in [0.1, 0.15) is 48.8 Å². The Balaban J connectivity index is 0.965. The first-order valence-electron chi connectivity index (χ1n) is 20.1. The molecule has 7 aliphatic rings. The van der Waals surface area contributed by atoms with Crippen LogP contribution in [0, 0.1) is 46.3 Å². The summed E-state index contributed by atoms with van der Waals surface area (Å²) in [7, 11) is 0. The van der Waals surface area contributed by atoms with Gasteiger partial charge in [0, 0.05) is 24.2 Å². The molecule has 22 atom stereocenters. The van der Waals surface area contributed by atoms with Crippen LogP contribution in [0.2, 0.25) is 0 Å². The zero-order chi connectivity index (χ0) is 39.1. The van der Waals surface area contributed by atoms with Gasteiger partial charge in [-0.1, -0.05) is 39.3 Å². The molecule has 0 aromatic rings. The van der Waals surface area contributed by atoms with Gasteiger partial charge in [-0.25, -0.2) is 0 Å². The van der Waals surface area contributed by atoms with E-state index in [2.05, 4.69) is 26.8 Å². The minimum absolute atomic E-state index is 0.0514. The van der Waals surface area contributed by atoms with Crippen LogP contribution in [0.15, 0.2) is 11.6 Å². The first kappa shape index (κ1) is 41.3. The number of hydrogen-bond acceptors (Lipinski definition) is 15. The highest BCUT2D eigenvalue weighted by atomic mass is 16.7. The maximum Gasteiger partial charge on any atom is 0.186 e. The molecule has 15 nitrogen and oxygen atoms in total. The van der Waals surface area contributed by atoms with Crippen molar-refractivity contribution in [3.8, 4) is 0 Å². The molecule has 0 aromatic carbocycles. The molecule has 0 aromatic heterocycles. The Hall–Kier alpha value is -0.860. The zero-order valence-corrected chi connectivity index (χ0v) is 31.8. The second-order valence-corrected chi connectivity index (χ2v) is 18.3. The molecule has 15 heteroatoms. The second-order valence-electron chi connectivity index (χ2n) is 18.3. The van der Waals surface area contributed by atoms with E-state index in [0.29, 0.717) is 37.5 Å². The SMILES string of the molecule is C[C@@H](CC[C@@]1(O)O[C@H]2C[C@H]3[C@@H]4CC=C5C[C@H](O[C@@H]6O[C@H](CO)[C@@H](O)[C@H](O)[C@H]6O)C[C@@H](O)[C@]5(C)[C@H]4CC[C@]3(C)[C@H]2[C@@H]1C)CO[C@@H]1O[C@H](CO)[C@@H](O)[C@H](O)[C@H]1O. The molecule has 0 radical (unpaired) electrons. The van der Waals surface area contributed by atoms with Crippen LogP contribution in [0.25, 0.3) is 0 Å². The van der Waals surface area contributed by atoms with Gasteiger partial charge in [0.05, 0.1) is 38.1 Å². The lowest BCUT2D eigenvalue weighted by molar-refractivity contribution is -0.315. The lowest BCUT2D eigenvalue weighted by atomic mass is 9.46. The summed E-state index contributed by atoms with van der Waals surface area (Å²) in [6.07, 6.45) is -7.09. The largest absolute Gasteiger partial charge is 0.394 e. The molecule has 3 aliphatic heterocycles. The van der Waals surface area contributed by atoms with Crippen LogP contribution in [0.5, 0.6) is 0 Å². The van der Waals surface area contributed by atoms with Crippen LogP contribution in [-0.2, 0) is 23.7 Å². The van der Waals surface area contributed by atoms with E-state index in [9.17, 15) is 51.1 Å². The molecule has 0 unspecified atom stereocenters. The van der Waals surface area contributed by atoms with E-state index in [-0.39, 0.29) is 41.8 Å². The molecule has 54 heavy (non-hydrogen) atoms. The maximum atomic E-state index is 12.0. The highest BCUT2D eigenvalue weighted by molar-refractivity contribution is 5.28. The topological polar surface area (TPSA) is 248 Å². The first-order chi connectivity index (χ1) is 25.5. The molecule has 10 N–H and O–H groups in total. The fraction of sp³-hybridized carbons (Fsp3) is 0.949. The highest BCUT2D eigenvalue weighted by Crippen LogP contribution is 2.70. The van der Waals surface area contributed by atoms with Crippen molar-refractivity contribution in [3.63, 3.8) is 0 Å². The minimum atomic E-state index is -1.53. The predicted octanol–water partition coefficient (Wildman–Crippen LogP) is -0.712. The number of fused-ring (bicyclic) bond motifs is 7. The van der Waals surface area contributed by atoms with Gasteiger partial charge in [0.25, 0.3) is 0 Å². The van der Waals surface area contributed by atoms with E-state index in [4.69, 9.17) is 23.7 Å². The van der Waals surface area contributed by atoms with Gasteiger partial charge in [-0.3, -0.25) is 0 Å². The Morgan fingerprint density at radius 3 is 2.13 bits per heavy atom. The molecule has 3 heterocycles. The van der Waals surface area contributed by atoms with Gasteiger partial charge < -0.3 is 74.7 Å². The van der Waals surface area contributed by atoms with E-state index in [0.717, 1.165) is 31.3 Å².